The van der Waals surface area contributed by atoms with E-state index in [4.69, 9.17) is 4.74 Å². The van der Waals surface area contributed by atoms with E-state index in [2.05, 4.69) is 6.92 Å². The molecule has 0 heterocycles. The number of rotatable bonds is 13. The molecule has 0 saturated carbocycles. The van der Waals surface area contributed by atoms with Crippen LogP contribution in [0.5, 0.6) is 17.2 Å². The minimum absolute atomic E-state index is 0. The molecule has 160 valence electrons. The molecule has 30 heavy (non-hydrogen) atoms. The van der Waals surface area contributed by atoms with E-state index in [0.717, 1.165) is 25.3 Å². The van der Waals surface area contributed by atoms with Crippen LogP contribution in [0.1, 0.15) is 70.3 Å². The van der Waals surface area contributed by atoms with Crippen molar-refractivity contribution in [2.24, 2.45) is 0 Å². The standard InChI is InChI=1S/C23H32O5S.Na/c1-2-3-4-5-6-7-8-9-11-14-19-17-23(29(25,26)27)22(18-21(19)24)28-20-15-12-10-13-16-20;/h10,12-13,15-18,24H,2-9,11,14H2,1H3,(H,25,26,27);/q;+1/p-1. The molecule has 0 spiro atoms. The van der Waals surface area contributed by atoms with Crippen LogP contribution in [0, 0.1) is 0 Å². The van der Waals surface area contributed by atoms with Gasteiger partial charge in [-0.2, -0.15) is 8.42 Å². The Hall–Kier alpha value is -1.05. The molecule has 0 amide bonds. The van der Waals surface area contributed by atoms with E-state index in [1.807, 2.05) is 0 Å². The molecule has 0 aliphatic heterocycles. The van der Waals surface area contributed by atoms with Gasteiger partial charge in [0.25, 0.3) is 10.1 Å². The van der Waals surface area contributed by atoms with Crippen molar-refractivity contribution in [2.75, 3.05) is 0 Å². The fourth-order valence-corrected chi connectivity index (χ4v) is 3.95. The molecule has 1 N–H and O–H groups in total. The Kier molecular flexibility index (Phi) is 12.7. The fourth-order valence-electron chi connectivity index (χ4n) is 3.30. The summed E-state index contributed by atoms with van der Waals surface area (Å²) in [5.74, 6) is -0.0362. The maximum atomic E-state index is 12.4. The van der Waals surface area contributed by atoms with E-state index in [1.54, 1.807) is 30.3 Å². The molecule has 0 aromatic heterocycles. The predicted molar refractivity (Wildman–Crippen MR) is 113 cm³/mol. The van der Waals surface area contributed by atoms with Crippen LogP contribution in [0.3, 0.4) is 0 Å². The topological polar surface area (TPSA) is 86.7 Å². The summed E-state index contributed by atoms with van der Waals surface area (Å²) in [5, 5.41) is 12.4. The van der Waals surface area contributed by atoms with Gasteiger partial charge in [-0.3, -0.25) is 4.55 Å². The summed E-state index contributed by atoms with van der Waals surface area (Å²) in [4.78, 5) is -0.369. The van der Waals surface area contributed by atoms with E-state index >= 15 is 0 Å². The van der Waals surface area contributed by atoms with Gasteiger partial charge in [0.2, 0.25) is 0 Å². The number of aryl methyl sites for hydroxylation is 1. The Morgan fingerprint density at radius 1 is 0.900 bits per heavy atom. The van der Waals surface area contributed by atoms with Gasteiger partial charge in [0, 0.05) is 0 Å². The van der Waals surface area contributed by atoms with Crippen LogP contribution in [0.25, 0.3) is 0 Å². The third-order valence-electron chi connectivity index (χ3n) is 4.93. The molecule has 0 radical (unpaired) electrons. The van der Waals surface area contributed by atoms with Crippen molar-refractivity contribution in [3.63, 3.8) is 0 Å². The fraction of sp³-hybridized carbons (Fsp3) is 0.478. The van der Waals surface area contributed by atoms with E-state index < -0.39 is 10.1 Å². The van der Waals surface area contributed by atoms with Gasteiger partial charge in [0.1, 0.15) is 16.4 Å². The number of ether oxygens (including phenoxy) is 1. The Balaban J connectivity index is 0.00000450. The summed E-state index contributed by atoms with van der Waals surface area (Å²) in [6.07, 6.45) is 11.0. The number of benzene rings is 2. The van der Waals surface area contributed by atoms with Crippen LogP contribution in [-0.4, -0.2) is 13.0 Å². The molecule has 0 saturated heterocycles. The number of para-hydroxylation sites is 1. The van der Waals surface area contributed by atoms with Crippen molar-refractivity contribution in [1.29, 1.82) is 0 Å². The molecule has 2 aromatic carbocycles. The van der Waals surface area contributed by atoms with Gasteiger partial charge in [-0.05, 0) is 37.1 Å². The van der Waals surface area contributed by atoms with Gasteiger partial charge in [0.15, 0.2) is 0 Å². The van der Waals surface area contributed by atoms with Crippen LogP contribution >= 0.6 is 0 Å². The first-order valence-electron chi connectivity index (χ1n) is 10.5. The van der Waals surface area contributed by atoms with E-state index in [1.165, 1.54) is 44.6 Å². The zero-order valence-corrected chi connectivity index (χ0v) is 20.9. The molecule has 0 atom stereocenters. The molecular formula is C23H31NaO5S. The molecule has 0 unspecified atom stereocenters. The third kappa shape index (κ3) is 9.40. The maximum Gasteiger partial charge on any atom is 1.00 e. The van der Waals surface area contributed by atoms with E-state index in [-0.39, 0.29) is 46.0 Å². The minimum Gasteiger partial charge on any atom is -0.872 e. The summed E-state index contributed by atoms with van der Waals surface area (Å²) in [7, 11) is -4.51. The first kappa shape index (κ1) is 27.0. The van der Waals surface area contributed by atoms with Crippen LogP contribution in [0.15, 0.2) is 47.4 Å². The normalized spacial score (nSPS) is 11.1. The smallest absolute Gasteiger partial charge is 0.872 e. The first-order chi connectivity index (χ1) is 13.9. The largest absolute Gasteiger partial charge is 1.00 e. The zero-order valence-electron chi connectivity index (χ0n) is 18.1. The zero-order chi connectivity index (χ0) is 21.1. The van der Waals surface area contributed by atoms with Crippen molar-refractivity contribution in [2.45, 2.75) is 76.0 Å². The van der Waals surface area contributed by atoms with Crippen molar-refractivity contribution >= 4 is 10.1 Å². The van der Waals surface area contributed by atoms with Gasteiger partial charge >= 0.3 is 29.6 Å². The summed E-state index contributed by atoms with van der Waals surface area (Å²) in [6.45, 7) is 2.21. The molecule has 0 aliphatic rings. The molecule has 7 heteroatoms. The second-order valence-corrected chi connectivity index (χ2v) is 8.77. The number of hydrogen-bond acceptors (Lipinski definition) is 4. The van der Waals surface area contributed by atoms with E-state index in [0.29, 0.717) is 17.7 Å². The molecule has 5 nitrogen and oxygen atoms in total. The molecule has 2 aromatic rings. The first-order valence-corrected chi connectivity index (χ1v) is 11.9. The Morgan fingerprint density at radius 2 is 1.47 bits per heavy atom. The minimum atomic E-state index is -4.51. The van der Waals surface area contributed by atoms with Gasteiger partial charge in [0.05, 0.1) is 0 Å². The Labute approximate surface area is 202 Å². The van der Waals surface area contributed by atoms with E-state index in [9.17, 15) is 18.1 Å². The van der Waals surface area contributed by atoms with Crippen molar-refractivity contribution in [3.05, 3.63) is 48.0 Å². The molecule has 2 rings (SSSR count). The summed E-state index contributed by atoms with van der Waals surface area (Å²) in [5.41, 5.74) is 0.390. The van der Waals surface area contributed by atoms with Gasteiger partial charge < -0.3 is 9.84 Å². The summed E-state index contributed by atoms with van der Waals surface area (Å²) in [6, 6.07) is 11.0. The molecular weight excluding hydrogens is 411 g/mol. The third-order valence-corrected chi connectivity index (χ3v) is 5.80. The molecule has 0 bridgehead atoms. The SMILES string of the molecule is CCCCCCCCCCCc1cc(S(=O)(=O)O)c(Oc2ccccc2)cc1[O-].[Na+]. The monoisotopic (exact) mass is 442 g/mol. The maximum absolute atomic E-state index is 12.4. The molecule has 0 aliphatic carbocycles. The number of hydrogen-bond donors (Lipinski definition) is 1. The van der Waals surface area contributed by atoms with Crippen LogP contribution in [-0.2, 0) is 16.5 Å². The van der Waals surface area contributed by atoms with Crippen molar-refractivity contribution < 1.29 is 52.4 Å². The van der Waals surface area contributed by atoms with Crippen LogP contribution in [0.2, 0.25) is 0 Å². The average Bonchev–Trinajstić information content (AvgIpc) is 2.68. The predicted octanol–water partition coefficient (Wildman–Crippen LogP) is 2.88. The van der Waals surface area contributed by atoms with Gasteiger partial charge in [-0.25, -0.2) is 0 Å². The Bertz CT molecular complexity index is 853. The average molecular weight is 443 g/mol. The second kappa shape index (κ2) is 14.1. The summed E-state index contributed by atoms with van der Waals surface area (Å²) < 4.78 is 38.7. The summed E-state index contributed by atoms with van der Waals surface area (Å²) >= 11 is 0. The van der Waals surface area contributed by atoms with Gasteiger partial charge in [-0.15, -0.1) is 5.75 Å². The van der Waals surface area contributed by atoms with Gasteiger partial charge in [-0.1, -0.05) is 82.1 Å². The second-order valence-electron chi connectivity index (χ2n) is 7.38. The number of unbranched alkanes of at least 4 members (excludes halogenated alkanes) is 8. The van der Waals surface area contributed by atoms with Crippen LogP contribution in [0.4, 0.5) is 0 Å². The molecule has 0 fully saturated rings. The van der Waals surface area contributed by atoms with Crippen molar-refractivity contribution in [3.8, 4) is 17.2 Å². The van der Waals surface area contributed by atoms with Crippen molar-refractivity contribution in [1.82, 2.24) is 0 Å². The van der Waals surface area contributed by atoms with Crippen LogP contribution < -0.4 is 39.4 Å². The quantitative estimate of drug-likeness (QED) is 0.293. The Morgan fingerprint density at radius 3 is 2.03 bits per heavy atom.